The fourth-order valence-corrected chi connectivity index (χ4v) is 2.29. The first-order valence-electron chi connectivity index (χ1n) is 6.57. The molecule has 1 rings (SSSR count). The lowest BCUT2D eigenvalue weighted by Gasteiger charge is -2.45. The third-order valence-electron chi connectivity index (χ3n) is 3.38. The maximum atomic E-state index is 11.6. The number of methoxy groups -OCH3 is 1. The number of hydrogen-bond donors (Lipinski definition) is 6. The molecule has 128 valence electrons. The van der Waals surface area contributed by atoms with Crippen LogP contribution in [0.3, 0.4) is 0 Å². The van der Waals surface area contributed by atoms with Crippen molar-refractivity contribution in [1.29, 1.82) is 0 Å². The lowest BCUT2D eigenvalue weighted by molar-refractivity contribution is -0.296. The molecule has 0 aromatic carbocycles. The second-order valence-electron chi connectivity index (χ2n) is 5.10. The van der Waals surface area contributed by atoms with Crippen LogP contribution < -0.4 is 5.32 Å². The number of rotatable bonds is 5. The first-order valence-corrected chi connectivity index (χ1v) is 6.57. The highest BCUT2D eigenvalue weighted by atomic mass is 16.7. The highest BCUT2D eigenvalue weighted by Crippen LogP contribution is 2.31. The van der Waals surface area contributed by atoms with Gasteiger partial charge in [0.2, 0.25) is 5.91 Å². The number of nitrogens with one attached hydrogen (secondary N) is 1. The van der Waals surface area contributed by atoms with Crippen molar-refractivity contribution in [2.24, 2.45) is 0 Å². The third-order valence-corrected chi connectivity index (χ3v) is 3.38. The molecule has 1 fully saturated rings. The molecular weight excluding hydrogens is 302 g/mol. The number of ether oxygens (including phenoxy) is 2. The molecular formula is C12H21NO9. The summed E-state index contributed by atoms with van der Waals surface area (Å²) in [6.45, 7) is 0.320. The van der Waals surface area contributed by atoms with Crippen molar-refractivity contribution < 1.29 is 44.6 Å². The minimum atomic E-state index is -2.55. The lowest BCUT2D eigenvalue weighted by Crippen LogP contribution is -2.67. The molecule has 6 N–H and O–H groups in total. The van der Waals surface area contributed by atoms with Gasteiger partial charge in [0.15, 0.2) is 0 Å². The lowest BCUT2D eigenvalue weighted by atomic mass is 9.88. The Morgan fingerprint density at radius 3 is 2.50 bits per heavy atom. The molecule has 1 amide bonds. The molecule has 10 heteroatoms. The Bertz CT molecular complexity index is 417. The van der Waals surface area contributed by atoms with E-state index in [-0.39, 0.29) is 0 Å². The Hall–Kier alpha value is -1.30. The van der Waals surface area contributed by atoms with Crippen LogP contribution in [0.1, 0.15) is 13.3 Å². The van der Waals surface area contributed by atoms with Crippen molar-refractivity contribution in [2.45, 2.75) is 49.6 Å². The van der Waals surface area contributed by atoms with Crippen molar-refractivity contribution in [3.63, 3.8) is 0 Å². The molecule has 1 heterocycles. The molecule has 1 aliphatic rings. The standard InChI is InChI=1S/C12H21NO9/c1-5(15)13-8-6(16)3-12(20,11(19)21-2)22-10(8)9(18)7(17)4-14/h6-10,14,16-18,20H,3-4H2,1-2H3,(H,13,15)/t6-,7+,8+,9+,10?,12?/m0/s1. The van der Waals surface area contributed by atoms with Crippen molar-refractivity contribution in [3.8, 4) is 0 Å². The molecule has 0 aromatic rings. The number of aliphatic hydroxyl groups excluding tert-OH is 4. The zero-order valence-corrected chi connectivity index (χ0v) is 12.2. The summed E-state index contributed by atoms with van der Waals surface area (Å²) in [7, 11) is 0.990. The molecule has 0 saturated carbocycles. The summed E-state index contributed by atoms with van der Waals surface area (Å²) in [5, 5.41) is 50.8. The smallest absolute Gasteiger partial charge is 0.366 e. The quantitative estimate of drug-likeness (QED) is 0.278. The van der Waals surface area contributed by atoms with Crippen LogP contribution in [-0.4, -0.2) is 87.4 Å². The van der Waals surface area contributed by atoms with Gasteiger partial charge in [0, 0.05) is 13.3 Å². The van der Waals surface area contributed by atoms with Gasteiger partial charge in [-0.25, -0.2) is 4.79 Å². The van der Waals surface area contributed by atoms with Crippen molar-refractivity contribution in [1.82, 2.24) is 5.32 Å². The van der Waals surface area contributed by atoms with Gasteiger partial charge >= 0.3 is 5.97 Å². The van der Waals surface area contributed by atoms with E-state index in [1.54, 1.807) is 0 Å². The van der Waals surface area contributed by atoms with E-state index in [4.69, 9.17) is 9.84 Å². The van der Waals surface area contributed by atoms with Crippen LogP contribution in [0.25, 0.3) is 0 Å². The van der Waals surface area contributed by atoms with E-state index in [1.165, 1.54) is 0 Å². The summed E-state index contributed by atoms with van der Waals surface area (Å²) in [4.78, 5) is 22.8. The Morgan fingerprint density at radius 1 is 1.45 bits per heavy atom. The summed E-state index contributed by atoms with van der Waals surface area (Å²) < 4.78 is 9.45. The van der Waals surface area contributed by atoms with Gasteiger partial charge in [-0.3, -0.25) is 4.79 Å². The van der Waals surface area contributed by atoms with Gasteiger partial charge in [0.05, 0.1) is 25.9 Å². The number of hydrogen-bond acceptors (Lipinski definition) is 9. The Morgan fingerprint density at radius 2 is 2.05 bits per heavy atom. The monoisotopic (exact) mass is 323 g/mol. The molecule has 0 spiro atoms. The van der Waals surface area contributed by atoms with Gasteiger partial charge in [-0.15, -0.1) is 0 Å². The minimum Gasteiger partial charge on any atom is -0.465 e. The molecule has 0 aliphatic carbocycles. The number of aliphatic hydroxyl groups is 5. The van der Waals surface area contributed by atoms with Crippen molar-refractivity contribution in [3.05, 3.63) is 0 Å². The molecule has 1 saturated heterocycles. The van der Waals surface area contributed by atoms with Gasteiger partial charge in [-0.1, -0.05) is 0 Å². The molecule has 0 radical (unpaired) electrons. The van der Waals surface area contributed by atoms with Crippen LogP contribution in [0.5, 0.6) is 0 Å². The van der Waals surface area contributed by atoms with E-state index in [2.05, 4.69) is 10.1 Å². The van der Waals surface area contributed by atoms with Crippen LogP contribution >= 0.6 is 0 Å². The predicted molar refractivity (Wildman–Crippen MR) is 69.2 cm³/mol. The second kappa shape index (κ2) is 7.31. The highest BCUT2D eigenvalue weighted by Gasteiger charge is 2.54. The molecule has 0 aromatic heterocycles. The summed E-state index contributed by atoms with van der Waals surface area (Å²) >= 11 is 0. The van der Waals surface area contributed by atoms with Crippen molar-refractivity contribution in [2.75, 3.05) is 13.7 Å². The summed E-state index contributed by atoms with van der Waals surface area (Å²) in [5.41, 5.74) is 0. The molecule has 2 unspecified atom stereocenters. The third kappa shape index (κ3) is 3.91. The zero-order chi connectivity index (χ0) is 17.1. The van der Waals surface area contributed by atoms with Crippen molar-refractivity contribution >= 4 is 11.9 Å². The maximum Gasteiger partial charge on any atom is 0.366 e. The number of carbonyl (C=O) groups excluding carboxylic acids is 2. The van der Waals surface area contributed by atoms with Gasteiger partial charge in [0.25, 0.3) is 5.79 Å². The summed E-state index contributed by atoms with van der Waals surface area (Å²) in [5.74, 6) is -4.32. The molecule has 6 atom stereocenters. The van der Waals surface area contributed by atoms with Crippen LogP contribution in [0.4, 0.5) is 0 Å². The number of carbonyl (C=O) groups is 2. The van der Waals surface area contributed by atoms with E-state index in [0.29, 0.717) is 0 Å². The van der Waals surface area contributed by atoms with Crippen LogP contribution in [-0.2, 0) is 19.1 Å². The largest absolute Gasteiger partial charge is 0.465 e. The minimum absolute atomic E-state index is 0.563. The molecule has 10 nitrogen and oxygen atoms in total. The number of amides is 1. The Labute approximate surface area is 126 Å². The Balaban J connectivity index is 3.09. The Kier molecular flexibility index (Phi) is 6.23. The van der Waals surface area contributed by atoms with Crippen LogP contribution in [0.15, 0.2) is 0 Å². The van der Waals surface area contributed by atoms with E-state index in [9.17, 15) is 30.0 Å². The maximum absolute atomic E-state index is 11.6. The van der Waals surface area contributed by atoms with E-state index >= 15 is 0 Å². The van der Waals surface area contributed by atoms with Crippen LogP contribution in [0.2, 0.25) is 0 Å². The SMILES string of the molecule is COC(=O)C1(O)C[C@H](O)[C@@H](NC(C)=O)C([C@H](O)[C@H](O)CO)O1. The van der Waals surface area contributed by atoms with Gasteiger partial charge in [0.1, 0.15) is 18.3 Å². The fourth-order valence-electron chi connectivity index (χ4n) is 2.29. The average Bonchev–Trinajstić information content (AvgIpc) is 2.46. The van der Waals surface area contributed by atoms with E-state index in [0.717, 1.165) is 14.0 Å². The van der Waals surface area contributed by atoms with Gasteiger partial charge in [-0.2, -0.15) is 0 Å². The fraction of sp³-hybridized carbons (Fsp3) is 0.833. The molecule has 22 heavy (non-hydrogen) atoms. The predicted octanol–water partition coefficient (Wildman–Crippen LogP) is -3.78. The van der Waals surface area contributed by atoms with E-state index < -0.39 is 61.1 Å². The molecule has 0 bridgehead atoms. The first-order chi connectivity index (χ1) is 10.2. The molecule has 1 aliphatic heterocycles. The highest BCUT2D eigenvalue weighted by molar-refractivity contribution is 5.78. The summed E-state index contributed by atoms with van der Waals surface area (Å²) in [6, 6.07) is -1.21. The van der Waals surface area contributed by atoms with Gasteiger partial charge in [-0.05, 0) is 0 Å². The normalized spacial score (nSPS) is 34.6. The van der Waals surface area contributed by atoms with Gasteiger partial charge < -0.3 is 40.3 Å². The van der Waals surface area contributed by atoms with Crippen LogP contribution in [0, 0.1) is 0 Å². The second-order valence-corrected chi connectivity index (χ2v) is 5.10. The average molecular weight is 323 g/mol. The van der Waals surface area contributed by atoms with E-state index in [1.807, 2.05) is 0 Å². The number of esters is 1. The first kappa shape index (κ1) is 18.7. The zero-order valence-electron chi connectivity index (χ0n) is 12.2. The summed E-state index contributed by atoms with van der Waals surface area (Å²) in [6.07, 6.45) is -7.09. The topological polar surface area (TPSA) is 166 Å².